The molecule has 192 valence electrons. The van der Waals surface area contributed by atoms with Gasteiger partial charge in [0, 0.05) is 6.20 Å². The molecule has 1 heterocycles. The molecule has 0 radical (unpaired) electrons. The van der Waals surface area contributed by atoms with Gasteiger partial charge in [-0.1, -0.05) is 66.7 Å². The van der Waals surface area contributed by atoms with Crippen LogP contribution in [0.3, 0.4) is 0 Å². The van der Waals surface area contributed by atoms with E-state index < -0.39 is 17.9 Å². The molecular weight excluding hydrogens is 581 g/mol. The van der Waals surface area contributed by atoms with Crippen LogP contribution >= 0.6 is 22.6 Å². The van der Waals surface area contributed by atoms with Crippen molar-refractivity contribution in [1.29, 1.82) is 0 Å². The number of carbonyl (C=O) groups is 2. The van der Waals surface area contributed by atoms with Gasteiger partial charge in [0.15, 0.2) is 17.3 Å². The molecule has 0 fully saturated rings. The van der Waals surface area contributed by atoms with Crippen molar-refractivity contribution in [1.82, 2.24) is 4.90 Å². The summed E-state index contributed by atoms with van der Waals surface area (Å²) < 4.78 is 17.8. The third-order valence-electron chi connectivity index (χ3n) is 6.69. The van der Waals surface area contributed by atoms with Gasteiger partial charge in [0.1, 0.15) is 12.5 Å². The lowest BCUT2D eigenvalue weighted by Crippen LogP contribution is -2.49. The molecule has 0 aliphatic carbocycles. The number of halogens is 1. The van der Waals surface area contributed by atoms with Crippen molar-refractivity contribution in [2.24, 2.45) is 5.92 Å². The van der Waals surface area contributed by atoms with Gasteiger partial charge in [-0.05, 0) is 64.8 Å². The van der Waals surface area contributed by atoms with Crippen LogP contribution in [0.1, 0.15) is 29.7 Å². The number of benzene rings is 3. The van der Waals surface area contributed by atoms with Crippen molar-refractivity contribution in [2.45, 2.75) is 32.0 Å². The summed E-state index contributed by atoms with van der Waals surface area (Å²) in [6.45, 7) is 2.47. The topological polar surface area (TPSA) is 65.1 Å². The van der Waals surface area contributed by atoms with Crippen LogP contribution in [-0.2, 0) is 27.4 Å². The zero-order chi connectivity index (χ0) is 26.4. The Morgan fingerprint density at radius 1 is 1.00 bits per heavy atom. The molecule has 0 saturated heterocycles. The zero-order valence-electron chi connectivity index (χ0n) is 21.1. The first-order chi connectivity index (χ1) is 17.9. The van der Waals surface area contributed by atoms with Crippen LogP contribution < -0.4 is 9.47 Å². The first-order valence-electron chi connectivity index (χ1n) is 12.1. The Labute approximate surface area is 231 Å². The van der Waals surface area contributed by atoms with Gasteiger partial charge >= 0.3 is 5.97 Å². The van der Waals surface area contributed by atoms with Crippen LogP contribution in [0.5, 0.6) is 11.5 Å². The Morgan fingerprint density at radius 2 is 1.68 bits per heavy atom. The number of nitrogens with zero attached hydrogens (tertiary/aromatic N) is 1. The van der Waals surface area contributed by atoms with Crippen LogP contribution in [-0.4, -0.2) is 36.9 Å². The average Bonchev–Trinajstić information content (AvgIpc) is 2.93. The first kappa shape index (κ1) is 26.7. The molecule has 0 N–H and O–H groups in total. The summed E-state index contributed by atoms with van der Waals surface area (Å²) in [5.74, 6) is -0.457. The van der Waals surface area contributed by atoms with E-state index in [0.29, 0.717) is 24.5 Å². The molecule has 6 nitrogen and oxygen atoms in total. The van der Waals surface area contributed by atoms with Crippen molar-refractivity contribution < 1.29 is 23.8 Å². The highest BCUT2D eigenvalue weighted by Gasteiger charge is 2.42. The highest BCUT2D eigenvalue weighted by molar-refractivity contribution is 14.1. The van der Waals surface area contributed by atoms with Crippen LogP contribution in [0.25, 0.3) is 0 Å². The minimum absolute atomic E-state index is 0.0626. The van der Waals surface area contributed by atoms with Crippen molar-refractivity contribution in [3.05, 3.63) is 105 Å². The zero-order valence-corrected chi connectivity index (χ0v) is 23.3. The molecule has 3 aromatic rings. The number of esters is 1. The normalized spacial score (nSPS) is 17.8. The van der Waals surface area contributed by atoms with Gasteiger partial charge in [0.25, 0.3) is 0 Å². The molecule has 3 atom stereocenters. The van der Waals surface area contributed by atoms with Gasteiger partial charge in [0.2, 0.25) is 0 Å². The third kappa shape index (κ3) is 5.98. The SMILES string of the molecule is COC(=O)C1C(=O)C=CN([C@H](C)c2ccccc2)[C@@H]1Cc1ccc(OC)c(OCc2ccccc2)c1I. The lowest BCUT2D eigenvalue weighted by molar-refractivity contribution is -0.151. The second kappa shape index (κ2) is 12.3. The predicted octanol–water partition coefficient (Wildman–Crippen LogP) is 5.74. The molecule has 0 amide bonds. The number of hydrogen-bond acceptors (Lipinski definition) is 6. The van der Waals surface area contributed by atoms with E-state index in [1.807, 2.05) is 72.8 Å². The van der Waals surface area contributed by atoms with E-state index in [4.69, 9.17) is 14.2 Å². The maximum Gasteiger partial charge on any atom is 0.318 e. The van der Waals surface area contributed by atoms with Gasteiger partial charge in [-0.15, -0.1) is 0 Å². The number of rotatable bonds is 9. The van der Waals surface area contributed by atoms with Crippen LogP contribution in [0, 0.1) is 9.49 Å². The van der Waals surface area contributed by atoms with Gasteiger partial charge in [-0.25, -0.2) is 0 Å². The van der Waals surface area contributed by atoms with E-state index in [1.165, 1.54) is 13.2 Å². The fourth-order valence-electron chi connectivity index (χ4n) is 4.67. The number of ether oxygens (including phenoxy) is 3. The minimum Gasteiger partial charge on any atom is -0.493 e. The Balaban J connectivity index is 1.70. The van der Waals surface area contributed by atoms with E-state index >= 15 is 0 Å². The van der Waals surface area contributed by atoms with Crippen LogP contribution in [0.15, 0.2) is 85.1 Å². The lowest BCUT2D eigenvalue weighted by atomic mass is 9.85. The van der Waals surface area contributed by atoms with E-state index in [2.05, 4.69) is 34.4 Å². The summed E-state index contributed by atoms with van der Waals surface area (Å²) in [5.41, 5.74) is 3.09. The second-order valence-corrected chi connectivity index (χ2v) is 9.95. The molecule has 1 unspecified atom stereocenters. The quantitative estimate of drug-likeness (QED) is 0.175. The van der Waals surface area contributed by atoms with Gasteiger partial charge in [-0.3, -0.25) is 9.59 Å². The van der Waals surface area contributed by atoms with Crippen molar-refractivity contribution >= 4 is 34.3 Å². The summed E-state index contributed by atoms with van der Waals surface area (Å²) in [5, 5.41) is 0. The Morgan fingerprint density at radius 3 is 2.32 bits per heavy atom. The molecule has 0 spiro atoms. The lowest BCUT2D eigenvalue weighted by Gasteiger charge is -2.41. The van der Waals surface area contributed by atoms with Crippen molar-refractivity contribution in [3.8, 4) is 11.5 Å². The number of carbonyl (C=O) groups excluding carboxylic acids is 2. The Kier molecular flexibility index (Phi) is 8.87. The molecular formula is C30H30INO5. The average molecular weight is 611 g/mol. The van der Waals surface area contributed by atoms with Gasteiger partial charge in [-0.2, -0.15) is 0 Å². The highest BCUT2D eigenvalue weighted by atomic mass is 127. The molecule has 0 bridgehead atoms. The van der Waals surface area contributed by atoms with Crippen LogP contribution in [0.4, 0.5) is 0 Å². The molecule has 3 aromatic carbocycles. The van der Waals surface area contributed by atoms with E-state index in [0.717, 1.165) is 20.3 Å². The smallest absolute Gasteiger partial charge is 0.318 e. The molecule has 4 rings (SSSR count). The molecule has 1 aliphatic rings. The number of allylic oxidation sites excluding steroid dienone is 1. The molecule has 37 heavy (non-hydrogen) atoms. The second-order valence-electron chi connectivity index (χ2n) is 8.87. The summed E-state index contributed by atoms with van der Waals surface area (Å²) in [6.07, 6.45) is 3.72. The summed E-state index contributed by atoms with van der Waals surface area (Å²) in [6, 6.07) is 23.3. The summed E-state index contributed by atoms with van der Waals surface area (Å²) in [4.78, 5) is 27.9. The van der Waals surface area contributed by atoms with Crippen molar-refractivity contribution in [3.63, 3.8) is 0 Å². The fourth-order valence-corrected chi connectivity index (χ4v) is 5.49. The van der Waals surface area contributed by atoms with Crippen LogP contribution in [0.2, 0.25) is 0 Å². The molecule has 0 aromatic heterocycles. The number of ketones is 1. The van der Waals surface area contributed by atoms with E-state index in [-0.39, 0.29) is 11.8 Å². The Bertz CT molecular complexity index is 1260. The largest absolute Gasteiger partial charge is 0.493 e. The monoisotopic (exact) mass is 611 g/mol. The predicted molar refractivity (Wildman–Crippen MR) is 150 cm³/mol. The summed E-state index contributed by atoms with van der Waals surface area (Å²) in [7, 11) is 2.93. The maximum atomic E-state index is 13.0. The van der Waals surface area contributed by atoms with Gasteiger partial charge < -0.3 is 19.1 Å². The number of methoxy groups -OCH3 is 2. The summed E-state index contributed by atoms with van der Waals surface area (Å²) >= 11 is 2.26. The molecule has 1 aliphatic heterocycles. The van der Waals surface area contributed by atoms with Gasteiger partial charge in [0.05, 0.1) is 29.9 Å². The maximum absolute atomic E-state index is 13.0. The van der Waals surface area contributed by atoms with Crippen molar-refractivity contribution in [2.75, 3.05) is 14.2 Å². The fraction of sp³-hybridized carbons (Fsp3) is 0.267. The third-order valence-corrected chi connectivity index (χ3v) is 7.87. The first-order valence-corrected chi connectivity index (χ1v) is 13.2. The minimum atomic E-state index is -0.937. The van der Waals surface area contributed by atoms with E-state index in [9.17, 15) is 9.59 Å². The van der Waals surface area contributed by atoms with E-state index in [1.54, 1.807) is 13.3 Å². The molecule has 0 saturated carbocycles. The standard InChI is InChI=1S/C30H30INO5/c1-20(22-12-8-5-9-13-22)32-17-16-25(33)27(30(34)36-3)24(32)18-23-14-15-26(35-2)29(28(23)31)37-19-21-10-6-4-7-11-21/h4-17,20,24,27H,18-19H2,1-3H3/t20-,24-,27?/m1/s1. The molecule has 7 heteroatoms. The Hall–Kier alpha value is -3.33. The number of hydrogen-bond donors (Lipinski definition) is 0. The highest BCUT2D eigenvalue weighted by Crippen LogP contribution is 2.38.